The van der Waals surface area contributed by atoms with Crippen LogP contribution in [-0.2, 0) is 17.8 Å². The van der Waals surface area contributed by atoms with Crippen LogP contribution in [0.5, 0.6) is 5.75 Å². The monoisotopic (exact) mass is 487 g/mol. The van der Waals surface area contributed by atoms with Gasteiger partial charge in [-0.15, -0.1) is 0 Å². The molecule has 2 heterocycles. The molecule has 7 heteroatoms. The summed E-state index contributed by atoms with van der Waals surface area (Å²) in [6.45, 7) is 6.26. The Balaban J connectivity index is 1.51. The molecule has 1 amide bonds. The van der Waals surface area contributed by atoms with Crippen molar-refractivity contribution in [3.63, 3.8) is 0 Å². The first-order valence-electron chi connectivity index (χ1n) is 13.1. The third-order valence-corrected chi connectivity index (χ3v) is 6.38. The lowest BCUT2D eigenvalue weighted by molar-refractivity contribution is -0.121. The van der Waals surface area contributed by atoms with Gasteiger partial charge in [-0.05, 0) is 62.0 Å². The van der Waals surface area contributed by atoms with Crippen molar-refractivity contribution < 1.29 is 9.53 Å². The fourth-order valence-corrected chi connectivity index (χ4v) is 4.42. The van der Waals surface area contributed by atoms with Gasteiger partial charge in [-0.3, -0.25) is 9.69 Å². The van der Waals surface area contributed by atoms with Crippen LogP contribution in [0, 0.1) is 0 Å². The summed E-state index contributed by atoms with van der Waals surface area (Å²) in [7, 11) is 0. The molecular weight excluding hydrogens is 450 g/mol. The Kier molecular flexibility index (Phi) is 9.68. The molecule has 0 fully saturated rings. The van der Waals surface area contributed by atoms with E-state index in [1.54, 1.807) is 6.33 Å². The molecule has 2 N–H and O–H groups in total. The van der Waals surface area contributed by atoms with Gasteiger partial charge in [0, 0.05) is 32.0 Å². The highest BCUT2D eigenvalue weighted by molar-refractivity contribution is 5.75. The van der Waals surface area contributed by atoms with Gasteiger partial charge in [-0.2, -0.15) is 0 Å². The summed E-state index contributed by atoms with van der Waals surface area (Å²) in [6.07, 6.45) is 6.67. The van der Waals surface area contributed by atoms with E-state index in [2.05, 4.69) is 56.7 Å². The maximum absolute atomic E-state index is 12.2. The van der Waals surface area contributed by atoms with Crippen molar-refractivity contribution in [3.8, 4) is 5.75 Å². The Morgan fingerprint density at radius 1 is 0.972 bits per heavy atom. The van der Waals surface area contributed by atoms with Gasteiger partial charge in [0.1, 0.15) is 17.9 Å². The van der Waals surface area contributed by atoms with Crippen LogP contribution in [0.2, 0.25) is 0 Å². The lowest BCUT2D eigenvalue weighted by Crippen LogP contribution is -2.28. The summed E-state index contributed by atoms with van der Waals surface area (Å²) in [6, 6.07) is 18.6. The van der Waals surface area contributed by atoms with Gasteiger partial charge >= 0.3 is 0 Å². The minimum atomic E-state index is 0.144. The fraction of sp³-hybridized carbons (Fsp3) is 0.414. The van der Waals surface area contributed by atoms with E-state index in [4.69, 9.17) is 4.74 Å². The molecule has 0 aliphatic carbocycles. The molecule has 0 unspecified atom stereocenters. The molecule has 1 aliphatic rings. The van der Waals surface area contributed by atoms with E-state index < -0.39 is 0 Å². The molecular formula is C29H37N5O2. The van der Waals surface area contributed by atoms with Crippen molar-refractivity contribution >= 4 is 17.4 Å². The standard InChI is InChI=1S/C29H37N5O2/c1-2-34-16-9-14-29(35)30-15-6-3-7-17-36-27-13-5-4-12-26(27)33-28-20-25(31-22-32-28)19-23-10-8-11-24(18-23)21-34/h4-5,8,10-13,18,20,22H,2-3,6-7,9,14-17,19,21H2,1H3,(H,30,35)(H,31,32,33). The third-order valence-electron chi connectivity index (χ3n) is 6.38. The van der Waals surface area contributed by atoms with Crippen molar-refractivity contribution in [2.75, 3.05) is 31.6 Å². The molecule has 3 aromatic rings. The number of rotatable bonds is 1. The molecule has 190 valence electrons. The number of amides is 1. The lowest BCUT2D eigenvalue weighted by atomic mass is 10.1. The number of hydrogen-bond donors (Lipinski definition) is 2. The number of carbonyl (C=O) groups is 1. The van der Waals surface area contributed by atoms with E-state index in [0.29, 0.717) is 13.0 Å². The summed E-state index contributed by atoms with van der Waals surface area (Å²) < 4.78 is 6.06. The minimum absolute atomic E-state index is 0.144. The van der Waals surface area contributed by atoms with Gasteiger partial charge in [0.15, 0.2) is 0 Å². The zero-order valence-electron chi connectivity index (χ0n) is 21.2. The summed E-state index contributed by atoms with van der Waals surface area (Å²) in [5.74, 6) is 1.70. The van der Waals surface area contributed by atoms with Crippen LogP contribution >= 0.6 is 0 Å². The number of aromatic nitrogens is 2. The van der Waals surface area contributed by atoms with Crippen molar-refractivity contribution in [3.05, 3.63) is 77.7 Å². The molecule has 0 atom stereocenters. The maximum Gasteiger partial charge on any atom is 0.220 e. The average molecular weight is 488 g/mol. The topological polar surface area (TPSA) is 79.4 Å². The molecule has 36 heavy (non-hydrogen) atoms. The quantitative estimate of drug-likeness (QED) is 0.498. The molecule has 0 spiro atoms. The summed E-state index contributed by atoms with van der Waals surface area (Å²) >= 11 is 0. The molecule has 1 aliphatic heterocycles. The molecule has 2 aromatic carbocycles. The first-order chi connectivity index (χ1) is 17.7. The molecule has 0 saturated carbocycles. The second-order valence-corrected chi connectivity index (χ2v) is 9.24. The molecule has 0 saturated heterocycles. The van der Waals surface area contributed by atoms with Crippen LogP contribution < -0.4 is 15.4 Å². The van der Waals surface area contributed by atoms with Gasteiger partial charge in [-0.25, -0.2) is 9.97 Å². The van der Waals surface area contributed by atoms with Crippen LogP contribution in [0.1, 0.15) is 55.8 Å². The number of nitrogens with one attached hydrogen (secondary N) is 2. The minimum Gasteiger partial charge on any atom is -0.491 e. The van der Waals surface area contributed by atoms with Crippen LogP contribution in [0.4, 0.5) is 11.5 Å². The lowest BCUT2D eigenvalue weighted by Gasteiger charge is -2.20. The highest BCUT2D eigenvalue weighted by atomic mass is 16.5. The van der Waals surface area contributed by atoms with E-state index >= 15 is 0 Å². The molecule has 0 radical (unpaired) electrons. The molecule has 7 nitrogen and oxygen atoms in total. The predicted octanol–water partition coefficient (Wildman–Crippen LogP) is 5.09. The Bertz CT molecular complexity index is 1120. The van der Waals surface area contributed by atoms with Crippen molar-refractivity contribution in [2.45, 2.75) is 52.0 Å². The average Bonchev–Trinajstić information content (AvgIpc) is 2.88. The number of benzene rings is 2. The zero-order chi connectivity index (χ0) is 25.0. The Morgan fingerprint density at radius 2 is 1.86 bits per heavy atom. The number of anilines is 2. The first kappa shape index (κ1) is 25.6. The smallest absolute Gasteiger partial charge is 0.220 e. The van der Waals surface area contributed by atoms with Crippen molar-refractivity contribution in [1.82, 2.24) is 20.2 Å². The third kappa shape index (κ3) is 8.05. The van der Waals surface area contributed by atoms with Gasteiger partial charge in [0.05, 0.1) is 18.0 Å². The van der Waals surface area contributed by atoms with E-state index in [0.717, 1.165) is 81.2 Å². The largest absolute Gasteiger partial charge is 0.491 e. The zero-order valence-corrected chi connectivity index (χ0v) is 21.2. The highest BCUT2D eigenvalue weighted by Crippen LogP contribution is 2.27. The van der Waals surface area contributed by atoms with E-state index in [1.807, 2.05) is 30.3 Å². The van der Waals surface area contributed by atoms with Gasteiger partial charge in [-0.1, -0.05) is 43.3 Å². The van der Waals surface area contributed by atoms with E-state index in [9.17, 15) is 4.79 Å². The van der Waals surface area contributed by atoms with Crippen LogP contribution in [0.25, 0.3) is 0 Å². The fourth-order valence-electron chi connectivity index (χ4n) is 4.42. The number of para-hydroxylation sites is 2. The molecule has 4 rings (SSSR count). The first-order valence-corrected chi connectivity index (χ1v) is 13.1. The van der Waals surface area contributed by atoms with E-state index in [1.165, 1.54) is 11.1 Å². The number of carbonyl (C=O) groups excluding carboxylic acids is 1. The van der Waals surface area contributed by atoms with Gasteiger partial charge in [0.25, 0.3) is 0 Å². The summed E-state index contributed by atoms with van der Waals surface area (Å²) in [4.78, 5) is 23.6. The number of hydrogen-bond acceptors (Lipinski definition) is 6. The van der Waals surface area contributed by atoms with Gasteiger partial charge in [0.2, 0.25) is 5.91 Å². The van der Waals surface area contributed by atoms with Crippen molar-refractivity contribution in [2.24, 2.45) is 0 Å². The van der Waals surface area contributed by atoms with E-state index in [-0.39, 0.29) is 5.91 Å². The number of fused-ring (bicyclic) bond motifs is 5. The Hall–Kier alpha value is -3.45. The molecule has 4 bridgehead atoms. The number of ether oxygens (including phenoxy) is 1. The van der Waals surface area contributed by atoms with Crippen LogP contribution in [0.3, 0.4) is 0 Å². The predicted molar refractivity (Wildman–Crippen MR) is 144 cm³/mol. The highest BCUT2D eigenvalue weighted by Gasteiger charge is 2.09. The van der Waals surface area contributed by atoms with Crippen molar-refractivity contribution in [1.29, 1.82) is 0 Å². The van der Waals surface area contributed by atoms with Crippen LogP contribution in [0.15, 0.2) is 60.9 Å². The molecule has 1 aromatic heterocycles. The summed E-state index contributed by atoms with van der Waals surface area (Å²) in [5, 5.41) is 6.46. The van der Waals surface area contributed by atoms with Gasteiger partial charge < -0.3 is 15.4 Å². The maximum atomic E-state index is 12.2. The normalized spacial score (nSPS) is 16.6. The van der Waals surface area contributed by atoms with Crippen LogP contribution in [-0.4, -0.2) is 47.0 Å². The second-order valence-electron chi connectivity index (χ2n) is 9.24. The Morgan fingerprint density at radius 3 is 2.78 bits per heavy atom. The Labute approximate surface area is 214 Å². The summed E-state index contributed by atoms with van der Waals surface area (Å²) in [5.41, 5.74) is 4.33. The second kappa shape index (κ2) is 13.6. The number of nitrogens with zero attached hydrogens (tertiary/aromatic N) is 3. The SMILES string of the molecule is CCN1CCCC(=O)NCCCCCOc2ccccc2Nc2cc(ncn2)Cc2cccc(c2)C1.